The van der Waals surface area contributed by atoms with E-state index in [9.17, 15) is 17.6 Å². The van der Waals surface area contributed by atoms with E-state index in [2.05, 4.69) is 10.0 Å². The van der Waals surface area contributed by atoms with Crippen molar-refractivity contribution in [2.75, 3.05) is 13.3 Å². The number of fused-ring (bicyclic) bond motifs is 1. The Morgan fingerprint density at radius 1 is 1.15 bits per heavy atom. The summed E-state index contributed by atoms with van der Waals surface area (Å²) in [6.45, 7) is 1.42. The van der Waals surface area contributed by atoms with E-state index in [1.807, 2.05) is 0 Å². The van der Waals surface area contributed by atoms with Gasteiger partial charge < -0.3 is 14.8 Å². The molecule has 2 aromatic carbocycles. The van der Waals surface area contributed by atoms with Gasteiger partial charge in [-0.1, -0.05) is 6.07 Å². The van der Waals surface area contributed by atoms with Crippen LogP contribution in [-0.2, 0) is 21.4 Å². The summed E-state index contributed by atoms with van der Waals surface area (Å²) in [4.78, 5) is 11.8. The molecular formula is C17H17FN2O5S. The maximum atomic E-state index is 13.2. The van der Waals surface area contributed by atoms with E-state index >= 15 is 0 Å². The standard InChI is InChI=1S/C17H17FN2O5S/c1-11-6-13(3-4-14(11)18)26(22,23)20-9-17(21)19-8-12-2-5-15-16(7-12)25-10-24-15/h2-7,20H,8-10H2,1H3,(H,19,21). The van der Waals surface area contributed by atoms with E-state index in [0.717, 1.165) is 17.7 Å². The van der Waals surface area contributed by atoms with E-state index in [-0.39, 0.29) is 23.8 Å². The van der Waals surface area contributed by atoms with Crippen LogP contribution in [0.1, 0.15) is 11.1 Å². The predicted molar refractivity (Wildman–Crippen MR) is 90.7 cm³/mol. The van der Waals surface area contributed by atoms with E-state index in [4.69, 9.17) is 9.47 Å². The molecule has 0 saturated heterocycles. The molecule has 0 fully saturated rings. The second-order valence-corrected chi connectivity index (χ2v) is 7.47. The average Bonchev–Trinajstić information content (AvgIpc) is 3.08. The number of carbonyl (C=O) groups is 1. The molecule has 0 atom stereocenters. The number of aryl methyl sites for hydroxylation is 1. The first kappa shape index (κ1) is 18.2. The van der Waals surface area contributed by atoms with Crippen LogP contribution in [0.15, 0.2) is 41.3 Å². The molecule has 1 amide bonds. The molecule has 1 heterocycles. The molecule has 26 heavy (non-hydrogen) atoms. The Morgan fingerprint density at radius 2 is 1.92 bits per heavy atom. The number of amides is 1. The summed E-state index contributed by atoms with van der Waals surface area (Å²) in [6.07, 6.45) is 0. The van der Waals surface area contributed by atoms with Crippen molar-refractivity contribution in [3.05, 3.63) is 53.3 Å². The normalized spacial score (nSPS) is 12.8. The zero-order chi connectivity index (χ0) is 18.7. The van der Waals surface area contributed by atoms with Crippen LogP contribution < -0.4 is 19.5 Å². The number of nitrogens with one attached hydrogen (secondary N) is 2. The molecule has 1 aliphatic rings. The summed E-state index contributed by atoms with van der Waals surface area (Å²) in [6, 6.07) is 8.69. The number of rotatable bonds is 6. The third kappa shape index (κ3) is 4.12. The van der Waals surface area contributed by atoms with Gasteiger partial charge >= 0.3 is 0 Å². The quantitative estimate of drug-likeness (QED) is 0.791. The molecular weight excluding hydrogens is 363 g/mol. The SMILES string of the molecule is Cc1cc(S(=O)(=O)NCC(=O)NCc2ccc3c(c2)OCO3)ccc1F. The van der Waals surface area contributed by atoms with Crippen LogP contribution in [0.25, 0.3) is 0 Å². The van der Waals surface area contributed by atoms with Crippen LogP contribution in [-0.4, -0.2) is 27.7 Å². The van der Waals surface area contributed by atoms with Crippen LogP contribution in [0, 0.1) is 12.7 Å². The fourth-order valence-corrected chi connectivity index (χ4v) is 3.41. The van der Waals surface area contributed by atoms with Crippen LogP contribution >= 0.6 is 0 Å². The van der Waals surface area contributed by atoms with Crippen LogP contribution in [0.4, 0.5) is 4.39 Å². The van der Waals surface area contributed by atoms with E-state index in [1.54, 1.807) is 18.2 Å². The number of ether oxygens (including phenoxy) is 2. The first-order valence-corrected chi connectivity index (χ1v) is 9.24. The minimum atomic E-state index is -3.90. The maximum Gasteiger partial charge on any atom is 0.241 e. The monoisotopic (exact) mass is 380 g/mol. The minimum Gasteiger partial charge on any atom is -0.454 e. The number of hydrogen-bond acceptors (Lipinski definition) is 5. The van der Waals surface area contributed by atoms with E-state index < -0.39 is 28.3 Å². The van der Waals surface area contributed by atoms with Crippen molar-refractivity contribution in [3.8, 4) is 11.5 Å². The van der Waals surface area contributed by atoms with Crippen molar-refractivity contribution in [1.82, 2.24) is 10.0 Å². The molecule has 0 aromatic heterocycles. The van der Waals surface area contributed by atoms with Crippen molar-refractivity contribution in [1.29, 1.82) is 0 Å². The highest BCUT2D eigenvalue weighted by atomic mass is 32.2. The van der Waals surface area contributed by atoms with E-state index in [0.29, 0.717) is 11.5 Å². The molecule has 138 valence electrons. The van der Waals surface area contributed by atoms with Gasteiger partial charge in [0.2, 0.25) is 22.7 Å². The summed E-state index contributed by atoms with van der Waals surface area (Å²) in [5.41, 5.74) is 1.000. The minimum absolute atomic E-state index is 0.0972. The zero-order valence-corrected chi connectivity index (χ0v) is 14.7. The Balaban J connectivity index is 1.54. The van der Waals surface area contributed by atoms with Crippen LogP contribution in [0.2, 0.25) is 0 Å². The molecule has 0 bridgehead atoms. The fraction of sp³-hybridized carbons (Fsp3) is 0.235. The Hall–Kier alpha value is -2.65. The molecule has 9 heteroatoms. The van der Waals surface area contributed by atoms with Crippen LogP contribution in [0.3, 0.4) is 0 Å². The van der Waals surface area contributed by atoms with Gasteiger partial charge in [0.15, 0.2) is 11.5 Å². The first-order chi connectivity index (χ1) is 12.3. The topological polar surface area (TPSA) is 93.7 Å². The molecule has 0 spiro atoms. The summed E-state index contributed by atoms with van der Waals surface area (Å²) in [7, 11) is -3.90. The lowest BCUT2D eigenvalue weighted by atomic mass is 10.2. The number of hydrogen-bond donors (Lipinski definition) is 2. The van der Waals surface area contributed by atoms with Gasteiger partial charge in [0.05, 0.1) is 11.4 Å². The number of benzene rings is 2. The highest BCUT2D eigenvalue weighted by Gasteiger charge is 2.17. The maximum absolute atomic E-state index is 13.2. The van der Waals surface area contributed by atoms with Crippen LogP contribution in [0.5, 0.6) is 11.5 Å². The van der Waals surface area contributed by atoms with Gasteiger partial charge in [0.25, 0.3) is 0 Å². The van der Waals surface area contributed by atoms with Gasteiger partial charge in [-0.2, -0.15) is 0 Å². The van der Waals surface area contributed by atoms with Crippen molar-refractivity contribution in [2.45, 2.75) is 18.4 Å². The van der Waals surface area contributed by atoms with Gasteiger partial charge in [-0.15, -0.1) is 0 Å². The Bertz CT molecular complexity index is 946. The lowest BCUT2D eigenvalue weighted by Crippen LogP contribution is -2.36. The van der Waals surface area contributed by atoms with Crippen molar-refractivity contribution in [2.24, 2.45) is 0 Å². The Labute approximate surface area is 150 Å². The van der Waals surface area contributed by atoms with Gasteiger partial charge in [0, 0.05) is 6.54 Å². The van der Waals surface area contributed by atoms with Crippen molar-refractivity contribution in [3.63, 3.8) is 0 Å². The molecule has 1 aliphatic heterocycles. The average molecular weight is 380 g/mol. The molecule has 0 aliphatic carbocycles. The van der Waals surface area contributed by atoms with E-state index in [1.165, 1.54) is 13.0 Å². The summed E-state index contributed by atoms with van der Waals surface area (Å²) in [5.74, 6) is 0.252. The zero-order valence-electron chi connectivity index (χ0n) is 13.9. The molecule has 2 N–H and O–H groups in total. The smallest absolute Gasteiger partial charge is 0.241 e. The molecule has 3 rings (SSSR count). The summed E-state index contributed by atoms with van der Waals surface area (Å²) in [5, 5.41) is 2.61. The lowest BCUT2D eigenvalue weighted by Gasteiger charge is -2.09. The second kappa shape index (κ2) is 7.30. The first-order valence-electron chi connectivity index (χ1n) is 7.76. The Morgan fingerprint density at radius 3 is 2.69 bits per heavy atom. The fourth-order valence-electron chi connectivity index (χ4n) is 2.34. The molecule has 0 saturated carbocycles. The van der Waals surface area contributed by atoms with Crippen molar-refractivity contribution < 1.29 is 27.1 Å². The number of carbonyl (C=O) groups excluding carboxylic acids is 1. The number of halogens is 1. The third-order valence-corrected chi connectivity index (χ3v) is 5.19. The predicted octanol–water partition coefficient (Wildman–Crippen LogP) is 1.46. The molecule has 0 radical (unpaired) electrons. The second-order valence-electron chi connectivity index (χ2n) is 5.70. The summed E-state index contributed by atoms with van der Waals surface area (Å²) >= 11 is 0. The van der Waals surface area contributed by atoms with Crippen molar-refractivity contribution >= 4 is 15.9 Å². The van der Waals surface area contributed by atoms with Gasteiger partial charge in [-0.25, -0.2) is 17.5 Å². The number of sulfonamides is 1. The highest BCUT2D eigenvalue weighted by molar-refractivity contribution is 7.89. The lowest BCUT2D eigenvalue weighted by molar-refractivity contribution is -0.120. The summed E-state index contributed by atoms with van der Waals surface area (Å²) < 4.78 is 50.2. The van der Waals surface area contributed by atoms with Gasteiger partial charge in [-0.3, -0.25) is 4.79 Å². The highest BCUT2D eigenvalue weighted by Crippen LogP contribution is 2.32. The third-order valence-electron chi connectivity index (χ3n) is 3.79. The molecule has 7 nitrogen and oxygen atoms in total. The van der Waals surface area contributed by atoms with Gasteiger partial charge in [0.1, 0.15) is 5.82 Å². The molecule has 0 unspecified atom stereocenters. The largest absolute Gasteiger partial charge is 0.454 e. The van der Waals surface area contributed by atoms with Gasteiger partial charge in [-0.05, 0) is 48.4 Å². The Kier molecular flexibility index (Phi) is 5.10. The molecule has 2 aromatic rings.